The highest BCUT2D eigenvalue weighted by Crippen LogP contribution is 2.44. The lowest BCUT2D eigenvalue weighted by atomic mass is 9.72. The van der Waals surface area contributed by atoms with E-state index >= 15 is 0 Å². The molecule has 178 valence electrons. The maximum absolute atomic E-state index is 13.9. The van der Waals surface area contributed by atoms with E-state index in [2.05, 4.69) is 0 Å². The van der Waals surface area contributed by atoms with Gasteiger partial charge in [-0.1, -0.05) is 38.1 Å². The monoisotopic (exact) mass is 456 g/mol. The smallest absolute Gasteiger partial charge is 0.417 e. The fourth-order valence-electron chi connectivity index (χ4n) is 3.49. The van der Waals surface area contributed by atoms with Gasteiger partial charge in [-0.15, -0.1) is 0 Å². The first kappa shape index (κ1) is 27.4. The second-order valence-electron chi connectivity index (χ2n) is 8.74. The highest BCUT2D eigenvalue weighted by molar-refractivity contribution is 5.85. The highest BCUT2D eigenvalue weighted by atomic mass is 19.4. The third-order valence-electron chi connectivity index (χ3n) is 4.83. The minimum Gasteiger partial charge on any atom is -0.475 e. The molecule has 0 aliphatic carbocycles. The van der Waals surface area contributed by atoms with Crippen LogP contribution in [0.3, 0.4) is 0 Å². The molecule has 1 aromatic rings. The van der Waals surface area contributed by atoms with Gasteiger partial charge in [0.1, 0.15) is 5.82 Å². The molecule has 0 spiro atoms. The van der Waals surface area contributed by atoms with Crippen LogP contribution in [0.2, 0.25) is 0 Å². The number of nitrogens with two attached hydrogens (primary N) is 1. The van der Waals surface area contributed by atoms with Crippen LogP contribution in [0.4, 0.5) is 17.6 Å². The summed E-state index contributed by atoms with van der Waals surface area (Å²) in [5, 5.41) is 18.2. The lowest BCUT2D eigenvalue weighted by molar-refractivity contribution is -0.266. The molecule has 32 heavy (non-hydrogen) atoms. The Hall–Kier alpha value is -2.61. The molecule has 0 aromatic heterocycles. The number of rotatable bonds is 9. The van der Waals surface area contributed by atoms with Gasteiger partial charge in [-0.3, -0.25) is 5.41 Å². The molecule has 0 amide bonds. The second-order valence-corrected chi connectivity index (χ2v) is 8.74. The Morgan fingerprint density at radius 1 is 1.19 bits per heavy atom. The van der Waals surface area contributed by atoms with Crippen LogP contribution in [0.5, 0.6) is 0 Å². The van der Waals surface area contributed by atoms with Crippen molar-refractivity contribution in [2.75, 3.05) is 0 Å². The van der Waals surface area contributed by atoms with Gasteiger partial charge in [-0.05, 0) is 68.0 Å². The average Bonchev–Trinajstić information content (AvgIpc) is 2.61. The molecule has 8 heteroatoms. The first-order valence-electron chi connectivity index (χ1n) is 10.2. The third-order valence-corrected chi connectivity index (χ3v) is 4.83. The number of aryl methyl sites for hydroxylation is 1. The van der Waals surface area contributed by atoms with Crippen molar-refractivity contribution < 1.29 is 27.4 Å². The molecule has 4 nitrogen and oxygen atoms in total. The van der Waals surface area contributed by atoms with Crippen LogP contribution in [-0.4, -0.2) is 28.9 Å². The van der Waals surface area contributed by atoms with Gasteiger partial charge >= 0.3 is 6.18 Å². The van der Waals surface area contributed by atoms with E-state index in [1.165, 1.54) is 62.4 Å². The van der Waals surface area contributed by atoms with E-state index in [4.69, 9.17) is 15.9 Å². The van der Waals surface area contributed by atoms with Crippen molar-refractivity contribution in [2.45, 2.75) is 70.8 Å². The largest absolute Gasteiger partial charge is 0.475 e. The molecule has 4 N–H and O–H groups in total. The predicted octanol–water partition coefficient (Wildman–Crippen LogP) is 5.84. The summed E-state index contributed by atoms with van der Waals surface area (Å²) in [7, 11) is 0. The molecule has 0 aliphatic rings. The standard InChI is InChI=1S/C24H32F4N2O2/c1-16(2)32-21(30)10-8-6-7-9-19(29)14-23(31,24(26,27)28)15-22(4,5)20-13-18(25)12-11-17(20)3/h6-13,16,30-31H,14-15,29H2,1-5H3/b7-6+,10-8-,19-9-,30-21?. The molecule has 1 unspecified atom stereocenters. The Kier molecular flexibility index (Phi) is 9.26. The van der Waals surface area contributed by atoms with Crippen LogP contribution in [0.1, 0.15) is 51.7 Å². The van der Waals surface area contributed by atoms with Crippen LogP contribution in [0.25, 0.3) is 0 Å². The molecule has 1 rings (SSSR count). The van der Waals surface area contributed by atoms with E-state index in [-0.39, 0.29) is 17.7 Å². The Morgan fingerprint density at radius 2 is 1.81 bits per heavy atom. The molecule has 0 heterocycles. The fourth-order valence-corrected chi connectivity index (χ4v) is 3.49. The van der Waals surface area contributed by atoms with Crippen LogP contribution >= 0.6 is 0 Å². The predicted molar refractivity (Wildman–Crippen MR) is 119 cm³/mol. The Labute approximate surface area is 187 Å². The first-order valence-corrected chi connectivity index (χ1v) is 10.2. The minimum absolute atomic E-state index is 0.0529. The summed E-state index contributed by atoms with van der Waals surface area (Å²) in [6.45, 7) is 8.30. The molecule has 0 saturated carbocycles. The van der Waals surface area contributed by atoms with Crippen LogP contribution < -0.4 is 5.73 Å². The van der Waals surface area contributed by atoms with Crippen molar-refractivity contribution in [1.29, 1.82) is 5.41 Å². The highest BCUT2D eigenvalue weighted by Gasteiger charge is 2.56. The molecule has 0 radical (unpaired) electrons. The summed E-state index contributed by atoms with van der Waals surface area (Å²) in [5.74, 6) is -0.610. The summed E-state index contributed by atoms with van der Waals surface area (Å²) >= 11 is 0. The quantitative estimate of drug-likeness (QED) is 0.189. The van der Waals surface area contributed by atoms with Crippen LogP contribution in [0, 0.1) is 18.2 Å². The van der Waals surface area contributed by atoms with Crippen molar-refractivity contribution in [2.24, 2.45) is 5.73 Å². The first-order chi connectivity index (χ1) is 14.6. The van der Waals surface area contributed by atoms with E-state index in [0.717, 1.165) is 0 Å². The lowest BCUT2D eigenvalue weighted by Gasteiger charge is -2.38. The van der Waals surface area contributed by atoms with Crippen molar-refractivity contribution in [3.63, 3.8) is 0 Å². The average molecular weight is 457 g/mol. The summed E-state index contributed by atoms with van der Waals surface area (Å²) in [6, 6.07) is 3.93. The van der Waals surface area contributed by atoms with Gasteiger partial charge in [0.15, 0.2) is 5.60 Å². The number of allylic oxidation sites excluding steroid dienone is 4. The third kappa shape index (κ3) is 8.15. The van der Waals surface area contributed by atoms with Gasteiger partial charge in [0, 0.05) is 12.1 Å². The molecule has 1 aromatic carbocycles. The number of benzene rings is 1. The van der Waals surface area contributed by atoms with E-state index in [0.29, 0.717) is 11.1 Å². The summed E-state index contributed by atoms with van der Waals surface area (Å²) in [6.07, 6.45) is 0.393. The van der Waals surface area contributed by atoms with Gasteiger partial charge < -0.3 is 15.6 Å². The molecule has 1 atom stereocenters. The van der Waals surface area contributed by atoms with Gasteiger partial charge in [0.2, 0.25) is 5.90 Å². The van der Waals surface area contributed by atoms with Crippen molar-refractivity contribution in [1.82, 2.24) is 0 Å². The molecule has 0 saturated heterocycles. The van der Waals surface area contributed by atoms with Crippen molar-refractivity contribution in [3.8, 4) is 0 Å². The minimum atomic E-state index is -4.95. The second kappa shape index (κ2) is 10.8. The number of hydrogen-bond donors (Lipinski definition) is 3. The number of alkyl halides is 3. The molecule has 0 bridgehead atoms. The zero-order valence-electron chi connectivity index (χ0n) is 19.1. The lowest BCUT2D eigenvalue weighted by Crippen LogP contribution is -2.50. The SMILES string of the molecule is Cc1ccc(F)cc1C(C)(C)CC(O)(C/C(N)=C/C=C/C=C\C(=N)OC(C)C)C(F)(F)F. The normalized spacial score (nSPS) is 15.5. The number of aliphatic hydroxyl groups is 1. The number of ether oxygens (including phenoxy) is 1. The van der Waals surface area contributed by atoms with Gasteiger partial charge in [0.05, 0.1) is 6.10 Å². The van der Waals surface area contributed by atoms with E-state index < -0.39 is 35.9 Å². The zero-order chi connectivity index (χ0) is 24.7. The molecule has 0 aliphatic heterocycles. The van der Waals surface area contributed by atoms with Crippen LogP contribution in [0.15, 0.2) is 54.3 Å². The van der Waals surface area contributed by atoms with Crippen LogP contribution in [-0.2, 0) is 10.2 Å². The van der Waals surface area contributed by atoms with Gasteiger partial charge in [0.25, 0.3) is 0 Å². The van der Waals surface area contributed by atoms with Crippen molar-refractivity contribution in [3.05, 3.63) is 71.2 Å². The Morgan fingerprint density at radius 3 is 2.38 bits per heavy atom. The fraction of sp³-hybridized carbons (Fsp3) is 0.458. The molecular weight excluding hydrogens is 424 g/mol. The molecule has 0 fully saturated rings. The zero-order valence-corrected chi connectivity index (χ0v) is 19.1. The Bertz CT molecular complexity index is 886. The number of halogens is 4. The topological polar surface area (TPSA) is 79.3 Å². The van der Waals surface area contributed by atoms with Gasteiger partial charge in [-0.2, -0.15) is 13.2 Å². The molecular formula is C24H32F4N2O2. The Balaban J connectivity index is 3.03. The van der Waals surface area contributed by atoms with E-state index in [9.17, 15) is 22.7 Å². The summed E-state index contributed by atoms with van der Waals surface area (Å²) in [4.78, 5) is 0. The summed E-state index contributed by atoms with van der Waals surface area (Å²) in [5.41, 5.74) is 2.34. The van der Waals surface area contributed by atoms with Gasteiger partial charge in [-0.25, -0.2) is 4.39 Å². The maximum Gasteiger partial charge on any atom is 0.417 e. The van der Waals surface area contributed by atoms with Crippen molar-refractivity contribution >= 4 is 5.90 Å². The van der Waals surface area contributed by atoms with E-state index in [1.807, 2.05) is 0 Å². The number of nitrogens with one attached hydrogen (secondary N) is 1. The number of hydrogen-bond acceptors (Lipinski definition) is 4. The summed E-state index contributed by atoms with van der Waals surface area (Å²) < 4.78 is 60.4. The maximum atomic E-state index is 13.9. The van der Waals surface area contributed by atoms with E-state index in [1.54, 1.807) is 20.8 Å².